The minimum Gasteiger partial charge on any atom is -0.460 e. The van der Waals surface area contributed by atoms with E-state index in [1.807, 2.05) is 12.1 Å². The van der Waals surface area contributed by atoms with Gasteiger partial charge >= 0.3 is 5.97 Å². The van der Waals surface area contributed by atoms with Gasteiger partial charge in [0.05, 0.1) is 17.2 Å². The molecule has 1 atom stereocenters. The Morgan fingerprint density at radius 1 is 1.11 bits per heavy atom. The molecule has 2 aliphatic rings. The second-order valence-electron chi connectivity index (χ2n) is 7.33. The van der Waals surface area contributed by atoms with E-state index < -0.39 is 17.5 Å². The van der Waals surface area contributed by atoms with Gasteiger partial charge in [-0.05, 0) is 32.9 Å². The molecule has 0 saturated carbocycles. The normalized spacial score (nSPS) is 20.9. The predicted octanol–water partition coefficient (Wildman–Crippen LogP) is 3.34. The zero-order chi connectivity index (χ0) is 19.3. The van der Waals surface area contributed by atoms with Crippen LogP contribution in [0.3, 0.4) is 0 Å². The van der Waals surface area contributed by atoms with E-state index in [4.69, 9.17) is 9.15 Å². The van der Waals surface area contributed by atoms with Crippen molar-refractivity contribution in [1.82, 2.24) is 5.32 Å². The molecule has 0 bridgehead atoms. The highest BCUT2D eigenvalue weighted by molar-refractivity contribution is 5.99. The van der Waals surface area contributed by atoms with Gasteiger partial charge in [-0.2, -0.15) is 0 Å². The van der Waals surface area contributed by atoms with E-state index in [0.717, 1.165) is 5.56 Å². The second kappa shape index (κ2) is 5.94. The van der Waals surface area contributed by atoms with Crippen LogP contribution in [0.5, 0.6) is 0 Å². The summed E-state index contributed by atoms with van der Waals surface area (Å²) in [5.74, 6) is 0.0687. The van der Waals surface area contributed by atoms with Gasteiger partial charge < -0.3 is 14.5 Å². The van der Waals surface area contributed by atoms with Crippen LogP contribution in [-0.4, -0.2) is 23.3 Å². The van der Waals surface area contributed by atoms with Gasteiger partial charge in [0, 0.05) is 17.5 Å². The van der Waals surface area contributed by atoms with Crippen molar-refractivity contribution in [2.45, 2.75) is 38.7 Å². The minimum atomic E-state index is -0.862. The van der Waals surface area contributed by atoms with E-state index in [0.29, 0.717) is 28.4 Å². The molecule has 1 unspecified atom stereocenters. The molecule has 1 N–H and O–H groups in total. The molecule has 0 spiro atoms. The number of hydrogen-bond acceptors (Lipinski definition) is 5. The van der Waals surface area contributed by atoms with Crippen LogP contribution in [0.15, 0.2) is 52.1 Å². The number of hydrogen-bond donors (Lipinski definition) is 1. The highest BCUT2D eigenvalue weighted by Gasteiger charge is 2.48. The van der Waals surface area contributed by atoms with Crippen LogP contribution in [-0.2, 0) is 14.3 Å². The molecule has 27 heavy (non-hydrogen) atoms. The van der Waals surface area contributed by atoms with Crippen molar-refractivity contribution in [3.05, 3.63) is 59.0 Å². The molecule has 0 aliphatic carbocycles. The van der Waals surface area contributed by atoms with Crippen molar-refractivity contribution in [3.8, 4) is 11.3 Å². The maximum atomic E-state index is 12.4. The molecule has 1 aromatic heterocycles. The van der Waals surface area contributed by atoms with Crippen LogP contribution in [0, 0.1) is 0 Å². The number of rotatable bonds is 3. The summed E-state index contributed by atoms with van der Waals surface area (Å²) in [5, 5.41) is 2.78. The third-order valence-electron chi connectivity index (χ3n) is 4.99. The van der Waals surface area contributed by atoms with Crippen LogP contribution in [0.1, 0.15) is 49.2 Å². The Labute approximate surface area is 156 Å². The number of benzene rings is 1. The second-order valence-corrected chi connectivity index (χ2v) is 7.33. The standard InChI is InChI=1S/C21H19NO5/c1-11(23)12-4-6-13(7-5-12)15-8-9-16(26-15)14-10-17(24)22-19-18(14)20(25)27-21(19,2)3/h4-9,14H,10H2,1-3H3,(H,22,24). The molecule has 2 aliphatic heterocycles. The SMILES string of the molecule is CC(=O)c1ccc(-c2ccc(C3CC(=O)NC4=C3C(=O)OC4(C)C)o2)cc1. The van der Waals surface area contributed by atoms with Gasteiger partial charge in [0.15, 0.2) is 5.78 Å². The summed E-state index contributed by atoms with van der Waals surface area (Å²) in [6.45, 7) is 5.02. The fourth-order valence-electron chi connectivity index (χ4n) is 3.58. The molecule has 6 heteroatoms. The summed E-state index contributed by atoms with van der Waals surface area (Å²) in [6, 6.07) is 10.7. The summed E-state index contributed by atoms with van der Waals surface area (Å²) < 4.78 is 11.4. The lowest BCUT2D eigenvalue weighted by Gasteiger charge is -2.26. The summed E-state index contributed by atoms with van der Waals surface area (Å²) in [6.07, 6.45) is 0.125. The Bertz CT molecular complexity index is 994. The Hall–Kier alpha value is -3.15. The van der Waals surface area contributed by atoms with E-state index in [-0.39, 0.29) is 18.1 Å². The number of furan rings is 1. The molecule has 0 fully saturated rings. The maximum Gasteiger partial charge on any atom is 0.337 e. The first-order valence-electron chi connectivity index (χ1n) is 8.75. The van der Waals surface area contributed by atoms with E-state index in [9.17, 15) is 14.4 Å². The van der Waals surface area contributed by atoms with Crippen molar-refractivity contribution in [2.75, 3.05) is 0 Å². The molecule has 138 valence electrons. The highest BCUT2D eigenvalue weighted by Crippen LogP contribution is 2.43. The lowest BCUT2D eigenvalue weighted by molar-refractivity contribution is -0.144. The number of ether oxygens (including phenoxy) is 1. The number of carbonyl (C=O) groups is 3. The number of Topliss-reactive ketones (excluding diaryl/α,β-unsaturated/α-hetero) is 1. The van der Waals surface area contributed by atoms with Gasteiger partial charge in [-0.15, -0.1) is 0 Å². The van der Waals surface area contributed by atoms with Gasteiger partial charge in [-0.25, -0.2) is 4.79 Å². The fourth-order valence-corrected chi connectivity index (χ4v) is 3.58. The van der Waals surface area contributed by atoms with Crippen molar-refractivity contribution < 1.29 is 23.5 Å². The zero-order valence-corrected chi connectivity index (χ0v) is 15.3. The average Bonchev–Trinajstić information content (AvgIpc) is 3.18. The molecule has 0 radical (unpaired) electrons. The molecular weight excluding hydrogens is 346 g/mol. The van der Waals surface area contributed by atoms with Gasteiger partial charge in [-0.3, -0.25) is 9.59 Å². The zero-order valence-electron chi connectivity index (χ0n) is 15.3. The molecule has 3 heterocycles. The summed E-state index contributed by atoms with van der Waals surface area (Å²) in [7, 11) is 0. The third kappa shape index (κ3) is 2.87. The fraction of sp³-hybridized carbons (Fsp3) is 0.286. The van der Waals surface area contributed by atoms with Gasteiger partial charge in [0.2, 0.25) is 5.91 Å². The summed E-state index contributed by atoms with van der Waals surface area (Å²) >= 11 is 0. The van der Waals surface area contributed by atoms with Crippen LogP contribution in [0.4, 0.5) is 0 Å². The third-order valence-corrected chi connectivity index (χ3v) is 4.99. The maximum absolute atomic E-state index is 12.4. The Kier molecular flexibility index (Phi) is 3.80. The number of nitrogens with one attached hydrogen (secondary N) is 1. The van der Waals surface area contributed by atoms with Crippen molar-refractivity contribution >= 4 is 17.7 Å². The molecule has 1 aromatic carbocycles. The minimum absolute atomic E-state index is 0.00303. The van der Waals surface area contributed by atoms with E-state index in [1.54, 1.807) is 38.1 Å². The smallest absolute Gasteiger partial charge is 0.337 e. The van der Waals surface area contributed by atoms with Gasteiger partial charge in [0.25, 0.3) is 0 Å². The number of cyclic esters (lactones) is 1. The van der Waals surface area contributed by atoms with Crippen molar-refractivity contribution in [1.29, 1.82) is 0 Å². The molecule has 0 saturated heterocycles. The Morgan fingerprint density at radius 2 is 1.81 bits per heavy atom. The molecule has 6 nitrogen and oxygen atoms in total. The Morgan fingerprint density at radius 3 is 2.48 bits per heavy atom. The van der Waals surface area contributed by atoms with Crippen LogP contribution >= 0.6 is 0 Å². The number of ketones is 1. The number of esters is 1. The quantitative estimate of drug-likeness (QED) is 0.666. The number of amides is 1. The first-order chi connectivity index (χ1) is 12.8. The van der Waals surface area contributed by atoms with Gasteiger partial charge in [0.1, 0.15) is 17.1 Å². The lowest BCUT2D eigenvalue weighted by Crippen LogP contribution is -2.38. The lowest BCUT2D eigenvalue weighted by atomic mass is 9.86. The van der Waals surface area contributed by atoms with E-state index >= 15 is 0 Å². The predicted molar refractivity (Wildman–Crippen MR) is 96.8 cm³/mol. The highest BCUT2D eigenvalue weighted by atomic mass is 16.6. The van der Waals surface area contributed by atoms with Crippen LogP contribution in [0.25, 0.3) is 11.3 Å². The first kappa shape index (κ1) is 17.3. The van der Waals surface area contributed by atoms with E-state index in [1.165, 1.54) is 6.92 Å². The van der Waals surface area contributed by atoms with Crippen molar-refractivity contribution in [3.63, 3.8) is 0 Å². The first-order valence-corrected chi connectivity index (χ1v) is 8.75. The average molecular weight is 365 g/mol. The summed E-state index contributed by atoms with van der Waals surface area (Å²) in [4.78, 5) is 36.0. The molecule has 2 aromatic rings. The monoisotopic (exact) mass is 365 g/mol. The van der Waals surface area contributed by atoms with E-state index in [2.05, 4.69) is 5.32 Å². The topological polar surface area (TPSA) is 85.6 Å². The molecule has 4 rings (SSSR count). The van der Waals surface area contributed by atoms with Crippen LogP contribution < -0.4 is 5.32 Å². The summed E-state index contributed by atoms with van der Waals surface area (Å²) in [5.41, 5.74) is 1.54. The Balaban J connectivity index is 1.70. The molecule has 1 amide bonds. The van der Waals surface area contributed by atoms with Crippen molar-refractivity contribution in [2.24, 2.45) is 0 Å². The molecular formula is C21H19NO5. The number of carbonyl (C=O) groups excluding carboxylic acids is 3. The van der Waals surface area contributed by atoms with Crippen LogP contribution in [0.2, 0.25) is 0 Å². The van der Waals surface area contributed by atoms with Gasteiger partial charge in [-0.1, -0.05) is 24.3 Å². The largest absolute Gasteiger partial charge is 0.460 e.